The van der Waals surface area contributed by atoms with Crippen molar-refractivity contribution >= 4 is 5.91 Å². The highest BCUT2D eigenvalue weighted by atomic mass is 19.4. The van der Waals surface area contributed by atoms with Gasteiger partial charge < -0.3 is 15.4 Å². The van der Waals surface area contributed by atoms with Gasteiger partial charge in [-0.2, -0.15) is 13.2 Å². The number of hydrogen-bond acceptors (Lipinski definition) is 3. The summed E-state index contributed by atoms with van der Waals surface area (Å²) in [5, 5.41) is 0. The van der Waals surface area contributed by atoms with Crippen LogP contribution < -0.4 is 5.73 Å². The zero-order valence-corrected chi connectivity index (χ0v) is 10.8. The van der Waals surface area contributed by atoms with Gasteiger partial charge in [0.2, 0.25) is 5.91 Å². The number of nitrogens with zero attached hydrogens (tertiary/aromatic N) is 1. The first-order valence-corrected chi connectivity index (χ1v) is 5.99. The van der Waals surface area contributed by atoms with E-state index in [9.17, 15) is 18.0 Å². The number of amides is 1. The van der Waals surface area contributed by atoms with Gasteiger partial charge in [-0.25, -0.2) is 0 Å². The number of nitrogens with two attached hydrogens (primary N) is 1. The fourth-order valence-electron chi connectivity index (χ4n) is 1.72. The zero-order chi connectivity index (χ0) is 14.2. The molecule has 18 heavy (non-hydrogen) atoms. The summed E-state index contributed by atoms with van der Waals surface area (Å²) >= 11 is 0. The van der Waals surface area contributed by atoms with Crippen LogP contribution in [0.5, 0.6) is 0 Å². The second kappa shape index (κ2) is 8.31. The zero-order valence-electron chi connectivity index (χ0n) is 10.8. The molecule has 0 atom stereocenters. The van der Waals surface area contributed by atoms with Crippen LogP contribution in [0.2, 0.25) is 0 Å². The molecule has 0 aromatic heterocycles. The summed E-state index contributed by atoms with van der Waals surface area (Å²) < 4.78 is 40.0. The molecule has 0 rings (SSSR count). The molecule has 0 bridgehead atoms. The lowest BCUT2D eigenvalue weighted by Crippen LogP contribution is -2.44. The van der Waals surface area contributed by atoms with E-state index >= 15 is 0 Å². The lowest BCUT2D eigenvalue weighted by molar-refractivity contribution is -0.178. The van der Waals surface area contributed by atoms with Gasteiger partial charge in [0.15, 0.2) is 0 Å². The fourth-order valence-corrected chi connectivity index (χ4v) is 1.72. The topological polar surface area (TPSA) is 55.6 Å². The van der Waals surface area contributed by atoms with E-state index in [1.54, 1.807) is 0 Å². The largest absolute Gasteiger partial charge is 0.411 e. The molecule has 0 saturated carbocycles. The Bertz CT molecular complexity index is 243. The minimum absolute atomic E-state index is 0.00413. The Kier molecular flexibility index (Phi) is 7.93. The number of rotatable bonds is 8. The predicted octanol–water partition coefficient (Wildman–Crippen LogP) is 1.54. The van der Waals surface area contributed by atoms with Crippen molar-refractivity contribution in [3.05, 3.63) is 0 Å². The summed E-state index contributed by atoms with van der Waals surface area (Å²) in [6, 6.07) is -0.00413. The van der Waals surface area contributed by atoms with Crippen LogP contribution >= 0.6 is 0 Å². The van der Waals surface area contributed by atoms with E-state index in [1.165, 1.54) is 4.90 Å². The molecule has 0 aromatic rings. The number of halogens is 3. The van der Waals surface area contributed by atoms with Crippen LogP contribution in [-0.4, -0.2) is 49.3 Å². The Balaban J connectivity index is 4.30. The van der Waals surface area contributed by atoms with Crippen LogP contribution in [0.4, 0.5) is 13.2 Å². The first-order chi connectivity index (χ1) is 8.35. The van der Waals surface area contributed by atoms with E-state index in [4.69, 9.17) is 5.73 Å². The third-order valence-corrected chi connectivity index (χ3v) is 2.56. The van der Waals surface area contributed by atoms with E-state index in [2.05, 4.69) is 4.74 Å². The molecular formula is C11H21F3N2O2. The number of alkyl halides is 3. The van der Waals surface area contributed by atoms with Crippen molar-refractivity contribution in [2.75, 3.05) is 26.3 Å². The number of hydrogen-bond donors (Lipinski definition) is 1. The maximum atomic E-state index is 11.9. The molecule has 0 aliphatic rings. The third-order valence-electron chi connectivity index (χ3n) is 2.56. The smallest absolute Gasteiger partial charge is 0.362 e. The second-order valence-electron chi connectivity index (χ2n) is 3.95. The summed E-state index contributed by atoms with van der Waals surface area (Å²) in [6.07, 6.45) is -2.93. The lowest BCUT2D eigenvalue weighted by atomic mass is 10.1. The standard InChI is InChI=1S/C11H21F3N2O2/c1-3-9(4-2)16(6-5-15)10(17)7-18-8-11(12,13)14/h9H,3-8,15H2,1-2H3. The molecule has 7 heteroatoms. The van der Waals surface area contributed by atoms with E-state index in [0.29, 0.717) is 6.54 Å². The van der Waals surface area contributed by atoms with Crippen LogP contribution in [0.25, 0.3) is 0 Å². The molecule has 4 nitrogen and oxygen atoms in total. The van der Waals surface area contributed by atoms with Crippen LogP contribution in [-0.2, 0) is 9.53 Å². The number of carbonyl (C=O) groups excluding carboxylic acids is 1. The van der Waals surface area contributed by atoms with Crippen molar-refractivity contribution in [3.63, 3.8) is 0 Å². The third kappa shape index (κ3) is 6.80. The predicted molar refractivity (Wildman–Crippen MR) is 62.0 cm³/mol. The van der Waals surface area contributed by atoms with Gasteiger partial charge in [-0.05, 0) is 12.8 Å². The van der Waals surface area contributed by atoms with Crippen molar-refractivity contribution in [3.8, 4) is 0 Å². The highest BCUT2D eigenvalue weighted by Gasteiger charge is 2.28. The normalized spacial score (nSPS) is 11.9. The van der Waals surface area contributed by atoms with Gasteiger partial charge in [0, 0.05) is 19.1 Å². The summed E-state index contributed by atoms with van der Waals surface area (Å²) in [6.45, 7) is 2.49. The number of carbonyl (C=O) groups is 1. The molecule has 0 unspecified atom stereocenters. The molecule has 1 amide bonds. The van der Waals surface area contributed by atoms with E-state index in [-0.39, 0.29) is 12.6 Å². The molecule has 0 spiro atoms. The first kappa shape index (κ1) is 17.2. The van der Waals surface area contributed by atoms with Crippen LogP contribution in [0.15, 0.2) is 0 Å². The fraction of sp³-hybridized carbons (Fsp3) is 0.909. The lowest BCUT2D eigenvalue weighted by Gasteiger charge is -2.30. The summed E-state index contributed by atoms with van der Waals surface area (Å²) in [7, 11) is 0. The maximum Gasteiger partial charge on any atom is 0.411 e. The van der Waals surface area contributed by atoms with E-state index in [0.717, 1.165) is 12.8 Å². The molecule has 0 aliphatic heterocycles. The van der Waals surface area contributed by atoms with Crippen LogP contribution in [0.1, 0.15) is 26.7 Å². The molecule has 2 N–H and O–H groups in total. The van der Waals surface area contributed by atoms with Crippen LogP contribution in [0.3, 0.4) is 0 Å². The van der Waals surface area contributed by atoms with E-state index < -0.39 is 25.3 Å². The van der Waals surface area contributed by atoms with Crippen molar-refractivity contribution in [1.29, 1.82) is 0 Å². The van der Waals surface area contributed by atoms with Gasteiger partial charge in [-0.1, -0.05) is 13.8 Å². The minimum Gasteiger partial charge on any atom is -0.362 e. The molecular weight excluding hydrogens is 249 g/mol. The van der Waals surface area contributed by atoms with Gasteiger partial charge in [-0.3, -0.25) is 4.79 Å². The molecule has 0 fully saturated rings. The van der Waals surface area contributed by atoms with Gasteiger partial charge in [0.1, 0.15) is 13.2 Å². The van der Waals surface area contributed by atoms with Gasteiger partial charge in [-0.15, -0.1) is 0 Å². The quantitative estimate of drug-likeness (QED) is 0.728. The van der Waals surface area contributed by atoms with Crippen LogP contribution in [0, 0.1) is 0 Å². The molecule has 0 heterocycles. The van der Waals surface area contributed by atoms with Crippen molar-refractivity contribution in [2.45, 2.75) is 38.9 Å². The SMILES string of the molecule is CCC(CC)N(CCN)C(=O)COCC(F)(F)F. The first-order valence-electron chi connectivity index (χ1n) is 5.99. The highest BCUT2D eigenvalue weighted by Crippen LogP contribution is 2.15. The Morgan fingerprint density at radius 3 is 2.28 bits per heavy atom. The second-order valence-corrected chi connectivity index (χ2v) is 3.95. The average molecular weight is 270 g/mol. The van der Waals surface area contributed by atoms with Gasteiger partial charge in [0.25, 0.3) is 0 Å². The summed E-state index contributed by atoms with van der Waals surface area (Å²) in [5.74, 6) is -0.446. The summed E-state index contributed by atoms with van der Waals surface area (Å²) in [4.78, 5) is 13.3. The van der Waals surface area contributed by atoms with Gasteiger partial charge >= 0.3 is 6.18 Å². The molecule has 0 radical (unpaired) electrons. The number of ether oxygens (including phenoxy) is 1. The maximum absolute atomic E-state index is 11.9. The van der Waals surface area contributed by atoms with Crippen molar-refractivity contribution in [2.24, 2.45) is 5.73 Å². The molecule has 0 saturated heterocycles. The molecule has 0 aromatic carbocycles. The Morgan fingerprint density at radius 1 is 1.33 bits per heavy atom. The Labute approximate surface area is 105 Å². The average Bonchev–Trinajstić information content (AvgIpc) is 2.27. The summed E-state index contributed by atoms with van der Waals surface area (Å²) in [5.41, 5.74) is 5.40. The Hall–Kier alpha value is -0.820. The molecule has 0 aliphatic carbocycles. The van der Waals surface area contributed by atoms with E-state index in [1.807, 2.05) is 13.8 Å². The highest BCUT2D eigenvalue weighted by molar-refractivity contribution is 5.77. The molecule has 108 valence electrons. The Morgan fingerprint density at radius 2 is 1.89 bits per heavy atom. The van der Waals surface area contributed by atoms with Crippen molar-refractivity contribution < 1.29 is 22.7 Å². The monoisotopic (exact) mass is 270 g/mol. The minimum atomic E-state index is -4.41. The van der Waals surface area contributed by atoms with Gasteiger partial charge in [0.05, 0.1) is 0 Å². The van der Waals surface area contributed by atoms with Crippen molar-refractivity contribution in [1.82, 2.24) is 4.90 Å².